The smallest absolute Gasteiger partial charge is 0.293 e. The molecule has 2 amide bonds. The summed E-state index contributed by atoms with van der Waals surface area (Å²) < 4.78 is 0. The van der Waals surface area contributed by atoms with E-state index in [1.54, 1.807) is 30.3 Å². The molecule has 8 heteroatoms. The van der Waals surface area contributed by atoms with Crippen molar-refractivity contribution in [3.63, 3.8) is 0 Å². The minimum absolute atomic E-state index is 0.238. The Morgan fingerprint density at radius 1 is 1.08 bits per heavy atom. The molecule has 0 aliphatic carbocycles. The van der Waals surface area contributed by atoms with Crippen LogP contribution in [0.3, 0.4) is 0 Å². The summed E-state index contributed by atoms with van der Waals surface area (Å²) in [5.41, 5.74) is 1.09. The highest BCUT2D eigenvalue weighted by Crippen LogP contribution is 2.26. The third-order valence-electron chi connectivity index (χ3n) is 3.80. The fourth-order valence-electron chi connectivity index (χ4n) is 2.52. The maximum absolute atomic E-state index is 12.6. The summed E-state index contributed by atoms with van der Waals surface area (Å²) in [6, 6.07) is 13.1. The Morgan fingerprint density at radius 2 is 1.77 bits per heavy atom. The Morgan fingerprint density at radius 3 is 2.42 bits per heavy atom. The van der Waals surface area contributed by atoms with Crippen LogP contribution < -0.4 is 10.3 Å². The lowest BCUT2D eigenvalue weighted by molar-refractivity contribution is -0.138. The quantitative estimate of drug-likeness (QED) is 0.641. The predicted octanol–water partition coefficient (Wildman–Crippen LogP) is 3.54. The Kier molecular flexibility index (Phi) is 5.06. The van der Waals surface area contributed by atoms with E-state index >= 15 is 0 Å². The summed E-state index contributed by atoms with van der Waals surface area (Å²) in [5, 5.41) is 8.23. The fourth-order valence-corrected chi connectivity index (χ4v) is 2.82. The molecule has 2 aromatic rings. The van der Waals surface area contributed by atoms with Gasteiger partial charge in [-0.15, -0.1) is 0 Å². The topological polar surface area (TPSA) is 78.8 Å². The number of halogens is 2. The zero-order chi connectivity index (χ0) is 18.8. The van der Waals surface area contributed by atoms with Crippen LogP contribution in [0, 0.1) is 5.92 Å². The molecule has 1 atom stereocenters. The molecule has 132 valence electrons. The number of amides is 2. The van der Waals surface area contributed by atoms with Crippen molar-refractivity contribution in [3.8, 4) is 0 Å². The second kappa shape index (κ2) is 7.27. The molecule has 0 fully saturated rings. The molecule has 6 nitrogen and oxygen atoms in total. The van der Waals surface area contributed by atoms with Gasteiger partial charge in [-0.3, -0.25) is 14.4 Å². The number of hydrogen-bond acceptors (Lipinski definition) is 4. The molecule has 0 saturated carbocycles. The van der Waals surface area contributed by atoms with E-state index in [-0.39, 0.29) is 10.7 Å². The molecule has 1 aliphatic rings. The van der Waals surface area contributed by atoms with Gasteiger partial charge in [0.05, 0.1) is 21.4 Å². The van der Waals surface area contributed by atoms with Gasteiger partial charge in [0, 0.05) is 5.69 Å². The minimum atomic E-state index is -1.25. The van der Waals surface area contributed by atoms with Gasteiger partial charge in [0.25, 0.3) is 11.8 Å². The molecular formula is C18H13Cl2N3O3. The number of nitrogens with one attached hydrogen (secondary N) is 1. The number of ketones is 1. The Hall–Kier alpha value is -2.70. The van der Waals surface area contributed by atoms with Crippen LogP contribution in [0.4, 0.5) is 11.4 Å². The van der Waals surface area contributed by atoms with E-state index < -0.39 is 23.5 Å². The van der Waals surface area contributed by atoms with E-state index in [1.165, 1.54) is 25.1 Å². The summed E-state index contributed by atoms with van der Waals surface area (Å²) in [4.78, 5) is 37.4. The first-order chi connectivity index (χ1) is 12.4. The number of Topliss-reactive ketones (excluding diaryl/α,β-unsaturated/α-hetero) is 1. The van der Waals surface area contributed by atoms with Gasteiger partial charge >= 0.3 is 0 Å². The van der Waals surface area contributed by atoms with Gasteiger partial charge in [-0.2, -0.15) is 10.1 Å². The summed E-state index contributed by atoms with van der Waals surface area (Å²) >= 11 is 11.7. The zero-order valence-electron chi connectivity index (χ0n) is 13.6. The zero-order valence-corrected chi connectivity index (χ0v) is 15.1. The van der Waals surface area contributed by atoms with Crippen LogP contribution in [0.25, 0.3) is 0 Å². The fraction of sp³-hybridized carbons (Fsp3) is 0.111. The Bertz CT molecular complexity index is 929. The van der Waals surface area contributed by atoms with E-state index in [0.717, 1.165) is 5.01 Å². The van der Waals surface area contributed by atoms with Crippen molar-refractivity contribution in [2.45, 2.75) is 6.92 Å². The number of carbonyl (C=O) groups is 3. The van der Waals surface area contributed by atoms with Crippen molar-refractivity contribution in [1.29, 1.82) is 0 Å². The molecule has 0 saturated heterocycles. The first kappa shape index (κ1) is 18.1. The van der Waals surface area contributed by atoms with Crippen molar-refractivity contribution in [1.82, 2.24) is 0 Å². The SMILES string of the molecule is CC1=NN(c2ccccc2)C(=O)[C@H]1C(=O)C(=O)Nc1ccc(Cl)c(Cl)c1. The number of hydrogen-bond donors (Lipinski definition) is 1. The maximum atomic E-state index is 12.6. The van der Waals surface area contributed by atoms with Crippen LogP contribution in [-0.4, -0.2) is 23.3 Å². The van der Waals surface area contributed by atoms with Crippen LogP contribution >= 0.6 is 23.2 Å². The van der Waals surface area contributed by atoms with Gasteiger partial charge in [0.1, 0.15) is 5.92 Å². The molecule has 1 heterocycles. The normalized spacial score (nSPS) is 16.4. The molecule has 3 rings (SSSR count). The lowest BCUT2D eigenvalue weighted by Gasteiger charge is -2.13. The number of hydrazone groups is 1. The lowest BCUT2D eigenvalue weighted by Crippen LogP contribution is -2.39. The third kappa shape index (κ3) is 3.47. The molecule has 0 radical (unpaired) electrons. The Labute approximate surface area is 159 Å². The number of para-hydroxylation sites is 1. The van der Waals surface area contributed by atoms with E-state index in [4.69, 9.17) is 23.2 Å². The average Bonchev–Trinajstić information content (AvgIpc) is 2.92. The first-order valence-electron chi connectivity index (χ1n) is 7.63. The van der Waals surface area contributed by atoms with Gasteiger partial charge in [0.2, 0.25) is 5.78 Å². The van der Waals surface area contributed by atoms with Crippen LogP contribution in [0.1, 0.15) is 6.92 Å². The number of rotatable bonds is 4. The van der Waals surface area contributed by atoms with Crippen molar-refractivity contribution in [2.24, 2.45) is 11.0 Å². The summed E-state index contributed by atoms with van der Waals surface area (Å²) in [5.74, 6) is -3.63. The number of nitrogens with zero attached hydrogens (tertiary/aromatic N) is 2. The molecule has 2 aromatic carbocycles. The second-order valence-electron chi connectivity index (χ2n) is 5.61. The van der Waals surface area contributed by atoms with Gasteiger partial charge in [0.15, 0.2) is 0 Å². The lowest BCUT2D eigenvalue weighted by atomic mass is 9.98. The highest BCUT2D eigenvalue weighted by Gasteiger charge is 2.42. The Balaban J connectivity index is 1.77. The highest BCUT2D eigenvalue weighted by molar-refractivity contribution is 6.50. The van der Waals surface area contributed by atoms with Crippen molar-refractivity contribution < 1.29 is 14.4 Å². The van der Waals surface area contributed by atoms with E-state index in [2.05, 4.69) is 10.4 Å². The van der Waals surface area contributed by atoms with Gasteiger partial charge in [-0.25, -0.2) is 0 Å². The molecule has 1 aliphatic heterocycles. The summed E-state index contributed by atoms with van der Waals surface area (Å²) in [6.45, 7) is 1.54. The van der Waals surface area contributed by atoms with E-state index in [0.29, 0.717) is 16.4 Å². The molecule has 0 spiro atoms. The molecule has 0 aromatic heterocycles. The molecule has 0 unspecified atom stereocenters. The monoisotopic (exact) mass is 389 g/mol. The number of anilines is 2. The molecular weight excluding hydrogens is 377 g/mol. The van der Waals surface area contributed by atoms with Gasteiger partial charge < -0.3 is 5.32 Å². The first-order valence-corrected chi connectivity index (χ1v) is 8.38. The molecule has 1 N–H and O–H groups in total. The van der Waals surface area contributed by atoms with E-state index in [9.17, 15) is 14.4 Å². The highest BCUT2D eigenvalue weighted by atomic mass is 35.5. The largest absolute Gasteiger partial charge is 0.319 e. The average molecular weight is 390 g/mol. The van der Waals surface area contributed by atoms with Crippen LogP contribution in [-0.2, 0) is 14.4 Å². The summed E-state index contributed by atoms with van der Waals surface area (Å²) in [6.07, 6.45) is 0. The van der Waals surface area contributed by atoms with Crippen molar-refractivity contribution >= 4 is 57.9 Å². The second-order valence-corrected chi connectivity index (χ2v) is 6.42. The predicted molar refractivity (Wildman–Crippen MR) is 101 cm³/mol. The third-order valence-corrected chi connectivity index (χ3v) is 4.53. The van der Waals surface area contributed by atoms with Gasteiger partial charge in [-0.1, -0.05) is 41.4 Å². The molecule has 0 bridgehead atoms. The standard InChI is InChI=1S/C18H13Cl2N3O3/c1-10-15(18(26)23(22-10)12-5-3-2-4-6-12)16(24)17(25)21-11-7-8-13(19)14(20)9-11/h2-9,15H,1H3,(H,21,25)/t15-/m1/s1. The summed E-state index contributed by atoms with van der Waals surface area (Å²) in [7, 11) is 0. The van der Waals surface area contributed by atoms with Crippen LogP contribution in [0.15, 0.2) is 53.6 Å². The maximum Gasteiger partial charge on any atom is 0.293 e. The molecule has 26 heavy (non-hydrogen) atoms. The number of benzene rings is 2. The van der Waals surface area contributed by atoms with Crippen molar-refractivity contribution in [3.05, 3.63) is 58.6 Å². The van der Waals surface area contributed by atoms with Crippen LogP contribution in [0.5, 0.6) is 0 Å². The minimum Gasteiger partial charge on any atom is -0.319 e. The number of carbonyl (C=O) groups excluding carboxylic acids is 3. The van der Waals surface area contributed by atoms with Crippen LogP contribution in [0.2, 0.25) is 10.0 Å². The van der Waals surface area contributed by atoms with Gasteiger partial charge in [-0.05, 0) is 37.3 Å². The van der Waals surface area contributed by atoms with Crippen molar-refractivity contribution in [2.75, 3.05) is 10.3 Å². The van der Waals surface area contributed by atoms with E-state index in [1.807, 2.05) is 0 Å².